The molecule has 1 aliphatic carbocycles. The third kappa shape index (κ3) is 5.92. The molecular weight excluding hydrogens is 449 g/mol. The highest BCUT2D eigenvalue weighted by atomic mass is 19.1. The number of benzene rings is 1. The van der Waals surface area contributed by atoms with Gasteiger partial charge in [0, 0.05) is 43.7 Å². The fourth-order valence-electron chi connectivity index (χ4n) is 5.25. The van der Waals surface area contributed by atoms with E-state index in [1.807, 2.05) is 11.9 Å². The van der Waals surface area contributed by atoms with Crippen molar-refractivity contribution >= 4 is 23.4 Å². The number of guanidine groups is 1. The van der Waals surface area contributed by atoms with E-state index in [1.165, 1.54) is 43.9 Å². The minimum absolute atomic E-state index is 0.114. The van der Waals surface area contributed by atoms with Crippen molar-refractivity contribution in [3.63, 3.8) is 0 Å². The summed E-state index contributed by atoms with van der Waals surface area (Å²) in [6, 6.07) is 4.93. The fraction of sp³-hybridized carbons (Fsp3) is 0.640. The molecule has 2 heterocycles. The molecule has 1 aromatic rings. The van der Waals surface area contributed by atoms with Crippen LogP contribution in [0.3, 0.4) is 0 Å². The summed E-state index contributed by atoms with van der Waals surface area (Å²) in [4.78, 5) is 25.7. The van der Waals surface area contributed by atoms with E-state index < -0.39 is 12.1 Å². The van der Waals surface area contributed by atoms with E-state index in [-0.39, 0.29) is 23.6 Å². The van der Waals surface area contributed by atoms with Crippen LogP contribution in [0.2, 0.25) is 0 Å². The molecule has 9 nitrogen and oxygen atoms in total. The van der Waals surface area contributed by atoms with E-state index in [9.17, 15) is 9.18 Å². The maximum Gasteiger partial charge on any atom is 0.222 e. The standard InChI is InChI=1S/C25H38FN7O2/c1-17(34)32-14-12-20(13-15-32)31(2)25-30-23(18-8-6-4-5-7-9-18)29-24(33(25)27)28-19-10-11-22(35-3)21(26)16-19/h10-11,16,18,20,25H,4-9,12-15,27H2,1-3H3,(H,28,29,30). The van der Waals surface area contributed by atoms with Gasteiger partial charge in [-0.05, 0) is 44.9 Å². The lowest BCUT2D eigenvalue weighted by Crippen LogP contribution is -2.60. The average Bonchev–Trinajstić information content (AvgIpc) is 3.15. The summed E-state index contributed by atoms with van der Waals surface area (Å²) in [5.41, 5.74) is 0.538. The highest BCUT2D eigenvalue weighted by Crippen LogP contribution is 2.29. The Balaban J connectivity index is 1.57. The lowest BCUT2D eigenvalue weighted by molar-refractivity contribution is -0.130. The maximum atomic E-state index is 14.3. The number of hydrazine groups is 1. The van der Waals surface area contributed by atoms with Gasteiger partial charge in [0.15, 0.2) is 17.9 Å². The molecule has 1 amide bonds. The minimum atomic E-state index is -0.457. The molecule has 1 atom stereocenters. The monoisotopic (exact) mass is 487 g/mol. The Morgan fingerprint density at radius 1 is 1.17 bits per heavy atom. The quantitative estimate of drug-likeness (QED) is 0.488. The molecule has 1 unspecified atom stereocenters. The van der Waals surface area contributed by atoms with E-state index in [0.29, 0.717) is 11.6 Å². The topological polar surface area (TPSA) is 98.8 Å². The molecule has 1 saturated carbocycles. The molecule has 192 valence electrons. The number of hydrogen-bond donors (Lipinski definition) is 2. The predicted molar refractivity (Wildman–Crippen MR) is 135 cm³/mol. The molecule has 2 aliphatic heterocycles. The van der Waals surface area contributed by atoms with Crippen molar-refractivity contribution < 1.29 is 13.9 Å². The van der Waals surface area contributed by atoms with Gasteiger partial charge >= 0.3 is 0 Å². The van der Waals surface area contributed by atoms with Crippen molar-refractivity contribution in [1.82, 2.24) is 14.8 Å². The number of methoxy groups -OCH3 is 1. The van der Waals surface area contributed by atoms with Crippen molar-refractivity contribution in [2.45, 2.75) is 70.6 Å². The van der Waals surface area contributed by atoms with E-state index in [4.69, 9.17) is 20.6 Å². The zero-order chi connectivity index (χ0) is 24.9. The van der Waals surface area contributed by atoms with Gasteiger partial charge in [-0.25, -0.2) is 20.2 Å². The van der Waals surface area contributed by atoms with Crippen LogP contribution in [0.15, 0.2) is 28.2 Å². The van der Waals surface area contributed by atoms with Gasteiger partial charge in [0.1, 0.15) is 5.84 Å². The summed E-state index contributed by atoms with van der Waals surface area (Å²) in [6.07, 6.45) is 8.22. The van der Waals surface area contributed by atoms with Crippen LogP contribution in [-0.4, -0.2) is 72.1 Å². The van der Waals surface area contributed by atoms with Gasteiger partial charge in [-0.3, -0.25) is 9.69 Å². The van der Waals surface area contributed by atoms with Crippen molar-refractivity contribution in [1.29, 1.82) is 0 Å². The van der Waals surface area contributed by atoms with Gasteiger partial charge in [0.25, 0.3) is 0 Å². The number of amides is 1. The number of ether oxygens (including phenoxy) is 1. The van der Waals surface area contributed by atoms with Crippen LogP contribution in [0.4, 0.5) is 10.1 Å². The minimum Gasteiger partial charge on any atom is -0.494 e. The number of carbonyl (C=O) groups excluding carboxylic acids is 1. The first-order chi connectivity index (χ1) is 16.9. The Morgan fingerprint density at radius 2 is 1.86 bits per heavy atom. The summed E-state index contributed by atoms with van der Waals surface area (Å²) in [6.45, 7) is 3.07. The van der Waals surface area contributed by atoms with Gasteiger partial charge < -0.3 is 15.0 Å². The summed E-state index contributed by atoms with van der Waals surface area (Å²) in [5.74, 6) is 7.96. The molecular formula is C25H38FN7O2. The van der Waals surface area contributed by atoms with Crippen molar-refractivity contribution in [3.05, 3.63) is 24.0 Å². The summed E-state index contributed by atoms with van der Waals surface area (Å²) in [7, 11) is 3.47. The number of nitrogens with two attached hydrogens (primary N) is 1. The molecule has 35 heavy (non-hydrogen) atoms. The number of rotatable bonds is 5. The summed E-state index contributed by atoms with van der Waals surface area (Å²) >= 11 is 0. The Bertz CT molecular complexity index is 953. The Morgan fingerprint density at radius 3 is 2.46 bits per heavy atom. The van der Waals surface area contributed by atoms with Gasteiger partial charge in [-0.2, -0.15) is 4.99 Å². The highest BCUT2D eigenvalue weighted by molar-refractivity contribution is 6.04. The summed E-state index contributed by atoms with van der Waals surface area (Å²) < 4.78 is 19.4. The Hall–Kier alpha value is -2.72. The van der Waals surface area contributed by atoms with Crippen LogP contribution in [0.1, 0.15) is 58.3 Å². The van der Waals surface area contributed by atoms with Gasteiger partial charge in [-0.1, -0.05) is 25.7 Å². The Kier molecular flexibility index (Phi) is 8.22. The first-order valence-electron chi connectivity index (χ1n) is 12.7. The largest absolute Gasteiger partial charge is 0.494 e. The van der Waals surface area contributed by atoms with E-state index in [0.717, 1.165) is 44.6 Å². The van der Waals surface area contributed by atoms with Crippen molar-refractivity contribution in [3.8, 4) is 5.75 Å². The van der Waals surface area contributed by atoms with E-state index >= 15 is 0 Å². The molecule has 1 aromatic carbocycles. The third-order valence-electron chi connectivity index (χ3n) is 7.44. The van der Waals surface area contributed by atoms with Crippen LogP contribution in [0.5, 0.6) is 5.75 Å². The maximum absolute atomic E-state index is 14.3. The fourth-order valence-corrected chi connectivity index (χ4v) is 5.25. The molecule has 3 aliphatic rings. The molecule has 0 bridgehead atoms. The lowest BCUT2D eigenvalue weighted by atomic mass is 9.99. The van der Waals surface area contributed by atoms with Crippen LogP contribution in [0, 0.1) is 11.7 Å². The van der Waals surface area contributed by atoms with Crippen LogP contribution < -0.4 is 15.9 Å². The Labute approximate surface area is 207 Å². The lowest BCUT2D eigenvalue weighted by Gasteiger charge is -2.43. The number of amidine groups is 1. The second-order valence-electron chi connectivity index (χ2n) is 9.74. The number of piperidine rings is 1. The van der Waals surface area contributed by atoms with E-state index in [2.05, 4.69) is 10.2 Å². The van der Waals surface area contributed by atoms with Gasteiger partial charge in [0.05, 0.1) is 7.11 Å². The van der Waals surface area contributed by atoms with Gasteiger partial charge in [-0.15, -0.1) is 0 Å². The van der Waals surface area contributed by atoms with Crippen LogP contribution >= 0.6 is 0 Å². The zero-order valence-corrected chi connectivity index (χ0v) is 21.0. The molecule has 1 saturated heterocycles. The number of hydrogen-bond acceptors (Lipinski definition) is 8. The number of nitrogens with zero attached hydrogens (tertiary/aromatic N) is 5. The highest BCUT2D eigenvalue weighted by Gasteiger charge is 2.35. The second kappa shape index (κ2) is 11.3. The number of aliphatic imine (C=N–C) groups is 2. The van der Waals surface area contributed by atoms with Crippen LogP contribution in [0.25, 0.3) is 0 Å². The zero-order valence-electron chi connectivity index (χ0n) is 21.0. The normalized spacial score (nSPS) is 22.5. The molecule has 2 fully saturated rings. The number of carbonyl (C=O) groups is 1. The average molecular weight is 488 g/mol. The van der Waals surface area contributed by atoms with E-state index in [1.54, 1.807) is 19.1 Å². The smallest absolute Gasteiger partial charge is 0.222 e. The molecule has 0 aromatic heterocycles. The van der Waals surface area contributed by atoms with Crippen molar-refractivity contribution in [2.24, 2.45) is 21.7 Å². The molecule has 0 radical (unpaired) electrons. The van der Waals surface area contributed by atoms with Gasteiger partial charge in [0.2, 0.25) is 11.9 Å². The third-order valence-corrected chi connectivity index (χ3v) is 7.44. The van der Waals surface area contributed by atoms with Crippen molar-refractivity contribution in [2.75, 3.05) is 32.6 Å². The molecule has 4 rings (SSSR count). The second-order valence-corrected chi connectivity index (χ2v) is 9.74. The SMILES string of the molecule is COc1ccc(NC2=NC(C3CCCCCC3)=NC(N(C)C3CCN(C(C)=O)CC3)N2N)cc1F. The first-order valence-corrected chi connectivity index (χ1v) is 12.7. The van der Waals surface area contributed by atoms with Crippen LogP contribution in [-0.2, 0) is 4.79 Å². The first kappa shape index (κ1) is 25.4. The number of nitrogens with one attached hydrogen (secondary N) is 1. The number of anilines is 1. The molecule has 0 spiro atoms. The number of halogens is 1. The summed E-state index contributed by atoms with van der Waals surface area (Å²) in [5, 5.41) is 4.74. The number of likely N-dealkylation sites (tertiary alicyclic amines) is 1. The predicted octanol–water partition coefficient (Wildman–Crippen LogP) is 3.39. The molecule has 10 heteroatoms. The molecule has 3 N–H and O–H groups in total.